The lowest BCUT2D eigenvalue weighted by Gasteiger charge is -2.66. The normalized spacial score (nSPS) is 51.7. The number of aliphatic hydroxyl groups excluding tert-OH is 2. The third kappa shape index (κ3) is 9.31. The van der Waals surface area contributed by atoms with Crippen LogP contribution in [0.15, 0.2) is 11.6 Å². The Morgan fingerprint density at radius 3 is 1.72 bits per heavy atom. The smallest absolute Gasteiger partial charge is 0.302 e. The lowest BCUT2D eigenvalue weighted by molar-refractivity contribution is -0.346. The van der Waals surface area contributed by atoms with Crippen LogP contribution >= 0.6 is 0 Å². The van der Waals surface area contributed by atoms with E-state index >= 15 is 0 Å². The molecule has 7 fully saturated rings. The zero-order valence-corrected chi connectivity index (χ0v) is 41.9. The zero-order chi connectivity index (χ0) is 49.2. The van der Waals surface area contributed by atoms with Crippen molar-refractivity contribution in [2.75, 3.05) is 21.3 Å². The van der Waals surface area contributed by atoms with Gasteiger partial charge in [-0.15, -0.1) is 0 Å². The summed E-state index contributed by atoms with van der Waals surface area (Å²) in [6.45, 7) is 14.3. The number of aliphatic hydroxyl groups is 4. The van der Waals surface area contributed by atoms with Gasteiger partial charge in [0.1, 0.15) is 47.5 Å². The molecular weight excluding hydrogens is 889 g/mol. The van der Waals surface area contributed by atoms with Crippen LogP contribution in [0.4, 0.5) is 0 Å². The van der Waals surface area contributed by atoms with Crippen molar-refractivity contribution in [2.24, 2.45) is 22.7 Å². The number of rotatable bonds is 13. The summed E-state index contributed by atoms with van der Waals surface area (Å²) in [5, 5.41) is 47.0. The van der Waals surface area contributed by atoms with Gasteiger partial charge in [0.2, 0.25) is 0 Å². The number of ketones is 1. The second-order valence-corrected chi connectivity index (χ2v) is 21.7. The summed E-state index contributed by atoms with van der Waals surface area (Å²) in [5.41, 5.74) is -3.61. The first-order valence-corrected chi connectivity index (χ1v) is 25.1. The number of esters is 1. The molecular formula is C50H80O18. The van der Waals surface area contributed by atoms with E-state index in [9.17, 15) is 30.0 Å². The lowest BCUT2D eigenvalue weighted by atomic mass is 9.43. The first-order chi connectivity index (χ1) is 32.1. The molecule has 4 aliphatic heterocycles. The molecule has 388 valence electrons. The molecule has 24 atom stereocenters. The van der Waals surface area contributed by atoms with Crippen molar-refractivity contribution in [2.45, 2.75) is 248 Å². The van der Waals surface area contributed by atoms with Gasteiger partial charge in [-0.05, 0) is 85.0 Å². The minimum absolute atomic E-state index is 0.0706. The van der Waals surface area contributed by atoms with Crippen LogP contribution in [0.2, 0.25) is 0 Å². The van der Waals surface area contributed by atoms with Gasteiger partial charge >= 0.3 is 5.97 Å². The Labute approximate surface area is 401 Å². The predicted octanol–water partition coefficient (Wildman–Crippen LogP) is 3.77. The van der Waals surface area contributed by atoms with E-state index in [-0.39, 0.29) is 37.3 Å². The summed E-state index contributed by atoms with van der Waals surface area (Å²) in [5.74, 6) is -1.48. The molecule has 0 radical (unpaired) electrons. The predicted molar refractivity (Wildman–Crippen MR) is 239 cm³/mol. The van der Waals surface area contributed by atoms with Crippen LogP contribution in [-0.4, -0.2) is 175 Å². The summed E-state index contributed by atoms with van der Waals surface area (Å²) >= 11 is 0. The number of carbonyl (C=O) groups excluding carboxylic acids is 2. The molecule has 0 bridgehead atoms. The Bertz CT molecular complexity index is 1810. The molecule has 18 heteroatoms. The van der Waals surface area contributed by atoms with Gasteiger partial charge in [0, 0.05) is 71.2 Å². The van der Waals surface area contributed by atoms with Gasteiger partial charge in [-0.3, -0.25) is 9.59 Å². The largest absolute Gasteiger partial charge is 0.462 e. The molecule has 4 aliphatic carbocycles. The van der Waals surface area contributed by atoms with Crippen molar-refractivity contribution in [1.29, 1.82) is 0 Å². The number of fused-ring (bicyclic) bond motifs is 5. The van der Waals surface area contributed by atoms with Crippen LogP contribution in [0.25, 0.3) is 0 Å². The van der Waals surface area contributed by atoms with Crippen LogP contribution in [0.1, 0.15) is 126 Å². The maximum atomic E-state index is 13.0. The standard InChI is InChI=1S/C50H80O18/c1-24(51)32-14-17-50(56)48(32,8)38(64-29(6)52)23-37-47(7)15-13-31(18-30(47)12-16-49(37,50)55)65-40-21-35(58-10)46(27(4)62-40)68-42-22-36(59-11)45(28(5)63-42)67-39-19-33(53)44(26(3)61-39)66-41-20-34(57-9)43(54)25(2)60-41/h12,25-28,31-46,53-56H,13-23H2,1-11H3. The maximum absolute atomic E-state index is 13.0. The van der Waals surface area contributed by atoms with Crippen LogP contribution in [0.5, 0.6) is 0 Å². The molecule has 8 rings (SSSR count). The number of Topliss-reactive ketones (excluding diaryl/α,β-unsaturated/α-hetero) is 1. The van der Waals surface area contributed by atoms with Crippen LogP contribution in [0, 0.1) is 22.7 Å². The lowest BCUT2D eigenvalue weighted by Crippen LogP contribution is -2.75. The van der Waals surface area contributed by atoms with Gasteiger partial charge in [-0.1, -0.05) is 25.5 Å². The third-order valence-corrected chi connectivity index (χ3v) is 17.9. The average Bonchev–Trinajstić information content (AvgIpc) is 3.58. The molecule has 0 aromatic rings. The Morgan fingerprint density at radius 1 is 0.662 bits per heavy atom. The van der Waals surface area contributed by atoms with Crippen molar-refractivity contribution in [3.63, 3.8) is 0 Å². The van der Waals surface area contributed by atoms with Gasteiger partial charge in [-0.25, -0.2) is 0 Å². The van der Waals surface area contributed by atoms with E-state index in [1.54, 1.807) is 21.1 Å². The molecule has 0 amide bonds. The monoisotopic (exact) mass is 969 g/mol. The van der Waals surface area contributed by atoms with Crippen LogP contribution < -0.4 is 0 Å². The fraction of sp³-hybridized carbons (Fsp3) is 0.920. The fourth-order valence-corrected chi connectivity index (χ4v) is 14.1. The fourth-order valence-electron chi connectivity index (χ4n) is 14.1. The van der Waals surface area contributed by atoms with E-state index in [4.69, 9.17) is 56.8 Å². The van der Waals surface area contributed by atoms with Crippen molar-refractivity contribution in [1.82, 2.24) is 0 Å². The Morgan fingerprint density at radius 2 is 1.18 bits per heavy atom. The minimum atomic E-state index is -1.63. The summed E-state index contributed by atoms with van der Waals surface area (Å²) in [7, 11) is 4.80. The van der Waals surface area contributed by atoms with Gasteiger partial charge in [0.05, 0.1) is 54.9 Å². The average molecular weight is 969 g/mol. The molecule has 24 unspecified atom stereocenters. The minimum Gasteiger partial charge on any atom is -0.462 e. The van der Waals surface area contributed by atoms with Crippen LogP contribution in [-0.2, 0) is 66.4 Å². The number of carbonyl (C=O) groups is 2. The molecule has 0 spiro atoms. The summed E-state index contributed by atoms with van der Waals surface area (Å²) in [6, 6.07) is 0. The van der Waals surface area contributed by atoms with Gasteiger partial charge in [0.15, 0.2) is 25.2 Å². The van der Waals surface area contributed by atoms with Crippen molar-refractivity contribution in [3.05, 3.63) is 11.6 Å². The number of hydrogen-bond donors (Lipinski definition) is 4. The third-order valence-electron chi connectivity index (χ3n) is 17.9. The van der Waals surface area contributed by atoms with Crippen LogP contribution in [0.3, 0.4) is 0 Å². The van der Waals surface area contributed by atoms with Crippen molar-refractivity contribution in [3.8, 4) is 0 Å². The Kier molecular flexibility index (Phi) is 15.7. The highest BCUT2D eigenvalue weighted by Crippen LogP contribution is 2.70. The Balaban J connectivity index is 0.851. The van der Waals surface area contributed by atoms with Gasteiger partial charge < -0.3 is 77.3 Å². The summed E-state index contributed by atoms with van der Waals surface area (Å²) in [6.07, 6.45) is -3.63. The van der Waals surface area contributed by atoms with E-state index in [0.29, 0.717) is 51.4 Å². The molecule has 18 nitrogen and oxygen atoms in total. The van der Waals surface area contributed by atoms with Crippen molar-refractivity contribution >= 4 is 11.8 Å². The van der Waals surface area contributed by atoms with E-state index in [1.807, 2.05) is 27.7 Å². The quantitative estimate of drug-likeness (QED) is 0.152. The molecule has 0 aromatic heterocycles. The first kappa shape index (κ1) is 52.6. The van der Waals surface area contributed by atoms with Gasteiger partial charge in [0.25, 0.3) is 0 Å². The molecule has 8 aliphatic rings. The molecule has 4 N–H and O–H groups in total. The van der Waals surface area contributed by atoms with Crippen molar-refractivity contribution < 1.29 is 86.9 Å². The van der Waals surface area contributed by atoms with Gasteiger partial charge in [-0.2, -0.15) is 0 Å². The number of ether oxygens (including phenoxy) is 12. The molecule has 0 aromatic carbocycles. The summed E-state index contributed by atoms with van der Waals surface area (Å²) < 4.78 is 74.4. The topological polar surface area (TPSA) is 226 Å². The summed E-state index contributed by atoms with van der Waals surface area (Å²) in [4.78, 5) is 25.5. The second-order valence-electron chi connectivity index (χ2n) is 21.7. The Hall–Kier alpha value is -1.72. The maximum Gasteiger partial charge on any atom is 0.302 e. The van der Waals surface area contributed by atoms with E-state index in [0.717, 1.165) is 5.57 Å². The van der Waals surface area contributed by atoms with E-state index < -0.39 is 138 Å². The highest BCUT2D eigenvalue weighted by atomic mass is 16.8. The zero-order valence-electron chi connectivity index (χ0n) is 41.9. The molecule has 3 saturated carbocycles. The first-order valence-electron chi connectivity index (χ1n) is 25.1. The van der Waals surface area contributed by atoms with E-state index in [2.05, 4.69) is 13.0 Å². The second kappa shape index (κ2) is 20.3. The highest BCUT2D eigenvalue weighted by Gasteiger charge is 2.77. The molecule has 4 heterocycles. The molecule has 4 saturated heterocycles. The van der Waals surface area contributed by atoms with E-state index in [1.165, 1.54) is 21.0 Å². The highest BCUT2D eigenvalue weighted by molar-refractivity contribution is 5.80. The SMILES string of the molecule is COC1CC(OC2C(O)CC(OC3C(C)OC(OC4C(C)OC(OC5CCC6(C)C(=CCC7(O)C6CC(OC(C)=O)C6(C)C(C(C)=O)CCC76O)C5)CC4OC)CC3OC)OC2C)OC(C)C1O. The number of hydrogen-bond acceptors (Lipinski definition) is 18. The molecule has 68 heavy (non-hydrogen) atoms. The number of methoxy groups -OCH3 is 3.